The first-order valence-electron chi connectivity index (χ1n) is 11.5. The Morgan fingerprint density at radius 2 is 1.94 bits per heavy atom. The van der Waals surface area contributed by atoms with E-state index in [1.807, 2.05) is 37.3 Å². The van der Waals surface area contributed by atoms with E-state index >= 15 is 0 Å². The molecule has 3 aromatic rings. The predicted octanol–water partition coefficient (Wildman–Crippen LogP) is 4.42. The van der Waals surface area contributed by atoms with Crippen LogP contribution in [0.15, 0.2) is 36.5 Å². The van der Waals surface area contributed by atoms with Crippen LogP contribution >= 0.6 is 0 Å². The van der Waals surface area contributed by atoms with Gasteiger partial charge in [0.1, 0.15) is 11.6 Å². The zero-order valence-corrected chi connectivity index (χ0v) is 19.3. The Hall–Kier alpha value is -2.99. The van der Waals surface area contributed by atoms with Crippen molar-refractivity contribution >= 4 is 11.6 Å². The maximum Gasteiger partial charge on any atom is 0.148 e. The maximum atomic E-state index is 10.7. The van der Waals surface area contributed by atoms with Gasteiger partial charge in [0.2, 0.25) is 0 Å². The highest BCUT2D eigenvalue weighted by atomic mass is 16.3. The molecule has 0 amide bonds. The standard InChI is InChI=1S/C26H31N5O/c1-5-20-26(30-24-18-9-7-6-8-17(18)13-21(24)32)29-23(16-10-11-16)25(28-20)19-14-27-22(31(3)4)12-15(19)2/h6-9,12,14,16,21,24,32H,5,10-11,13H2,1-4H3,(H,29,30)/t21-,24-/m1/s1. The van der Waals surface area contributed by atoms with Gasteiger partial charge in [-0.2, -0.15) is 0 Å². The van der Waals surface area contributed by atoms with Gasteiger partial charge in [-0.25, -0.2) is 15.0 Å². The van der Waals surface area contributed by atoms with Crippen LogP contribution in [0.3, 0.4) is 0 Å². The number of rotatable bonds is 6. The van der Waals surface area contributed by atoms with E-state index in [0.29, 0.717) is 12.3 Å². The lowest BCUT2D eigenvalue weighted by molar-refractivity contribution is 0.165. The van der Waals surface area contributed by atoms with Gasteiger partial charge in [0.05, 0.1) is 29.2 Å². The van der Waals surface area contributed by atoms with Crippen molar-refractivity contribution in [1.82, 2.24) is 15.0 Å². The number of fused-ring (bicyclic) bond motifs is 1. The van der Waals surface area contributed by atoms with E-state index in [1.54, 1.807) is 0 Å². The number of pyridine rings is 1. The van der Waals surface area contributed by atoms with Crippen LogP contribution in [0.5, 0.6) is 0 Å². The minimum Gasteiger partial charge on any atom is -0.390 e. The summed E-state index contributed by atoms with van der Waals surface area (Å²) in [7, 11) is 4.00. The number of nitrogens with zero attached hydrogens (tertiary/aromatic N) is 4. The molecule has 2 N–H and O–H groups in total. The molecule has 2 aliphatic rings. The summed E-state index contributed by atoms with van der Waals surface area (Å²) in [5, 5.41) is 14.3. The van der Waals surface area contributed by atoms with E-state index in [9.17, 15) is 5.11 Å². The molecule has 5 rings (SSSR count). The third-order valence-corrected chi connectivity index (χ3v) is 6.60. The van der Waals surface area contributed by atoms with Crippen molar-refractivity contribution in [2.75, 3.05) is 24.3 Å². The Bertz CT molecular complexity index is 1150. The molecule has 32 heavy (non-hydrogen) atoms. The van der Waals surface area contributed by atoms with Gasteiger partial charge in [-0.05, 0) is 48.9 Å². The van der Waals surface area contributed by atoms with Gasteiger partial charge < -0.3 is 15.3 Å². The van der Waals surface area contributed by atoms with Crippen molar-refractivity contribution in [1.29, 1.82) is 0 Å². The van der Waals surface area contributed by atoms with Gasteiger partial charge in [0, 0.05) is 38.2 Å². The number of hydrogen-bond donors (Lipinski definition) is 2. The first-order chi connectivity index (χ1) is 15.5. The predicted molar refractivity (Wildman–Crippen MR) is 128 cm³/mol. The maximum absolute atomic E-state index is 10.7. The Balaban J connectivity index is 1.56. The number of aliphatic hydroxyl groups is 1. The molecule has 0 radical (unpaired) electrons. The molecule has 1 fully saturated rings. The molecule has 0 bridgehead atoms. The van der Waals surface area contributed by atoms with Gasteiger partial charge in [-0.3, -0.25) is 0 Å². The molecular formula is C26H31N5O. The lowest BCUT2D eigenvalue weighted by Crippen LogP contribution is -2.23. The number of aliphatic hydroxyl groups excluding tert-OH is 1. The highest BCUT2D eigenvalue weighted by molar-refractivity contribution is 5.69. The average molecular weight is 430 g/mol. The number of anilines is 2. The highest BCUT2D eigenvalue weighted by Gasteiger charge is 2.34. The number of benzene rings is 1. The van der Waals surface area contributed by atoms with E-state index in [4.69, 9.17) is 9.97 Å². The molecule has 6 nitrogen and oxygen atoms in total. The minimum absolute atomic E-state index is 0.161. The Kier molecular flexibility index (Phi) is 5.33. The van der Waals surface area contributed by atoms with Crippen LogP contribution < -0.4 is 10.2 Å². The fraction of sp³-hybridized carbons (Fsp3) is 0.423. The third-order valence-electron chi connectivity index (χ3n) is 6.60. The van der Waals surface area contributed by atoms with Crippen LogP contribution in [0.1, 0.15) is 59.8 Å². The van der Waals surface area contributed by atoms with Crippen LogP contribution in [-0.2, 0) is 12.8 Å². The molecule has 0 aliphatic heterocycles. The van der Waals surface area contributed by atoms with Crippen molar-refractivity contribution in [3.63, 3.8) is 0 Å². The van der Waals surface area contributed by atoms with Crippen LogP contribution in [0, 0.1) is 6.92 Å². The molecule has 2 aromatic heterocycles. The zero-order valence-electron chi connectivity index (χ0n) is 19.3. The largest absolute Gasteiger partial charge is 0.390 e. The van der Waals surface area contributed by atoms with E-state index < -0.39 is 6.10 Å². The minimum atomic E-state index is -0.465. The molecule has 2 heterocycles. The molecule has 2 aliphatic carbocycles. The van der Waals surface area contributed by atoms with Crippen molar-refractivity contribution in [3.8, 4) is 11.3 Å². The SMILES string of the molecule is CCc1nc(-c2cnc(N(C)C)cc2C)c(C2CC2)nc1N[C@@H]1c2ccccc2C[C@H]1O. The molecule has 2 atom stereocenters. The van der Waals surface area contributed by atoms with Crippen LogP contribution in [0.4, 0.5) is 11.6 Å². The zero-order chi connectivity index (χ0) is 22.4. The quantitative estimate of drug-likeness (QED) is 0.604. The monoisotopic (exact) mass is 429 g/mol. The van der Waals surface area contributed by atoms with Crippen LogP contribution in [0.2, 0.25) is 0 Å². The lowest BCUT2D eigenvalue weighted by atomic mass is 10.0. The summed E-state index contributed by atoms with van der Waals surface area (Å²) in [5.74, 6) is 2.18. The normalized spacial score (nSPS) is 19.7. The molecule has 0 saturated heterocycles. The molecule has 166 valence electrons. The van der Waals surface area contributed by atoms with E-state index in [2.05, 4.69) is 42.3 Å². The molecule has 1 saturated carbocycles. The summed E-state index contributed by atoms with van der Waals surface area (Å²) in [6.45, 7) is 4.22. The van der Waals surface area contributed by atoms with E-state index in [-0.39, 0.29) is 6.04 Å². The Morgan fingerprint density at radius 3 is 2.62 bits per heavy atom. The van der Waals surface area contributed by atoms with Crippen molar-refractivity contribution in [2.45, 2.75) is 57.6 Å². The molecule has 1 aromatic carbocycles. The van der Waals surface area contributed by atoms with Crippen LogP contribution in [0.25, 0.3) is 11.3 Å². The van der Waals surface area contributed by atoms with Gasteiger partial charge in [-0.1, -0.05) is 31.2 Å². The summed E-state index contributed by atoms with van der Waals surface area (Å²) < 4.78 is 0. The lowest BCUT2D eigenvalue weighted by Gasteiger charge is -2.22. The van der Waals surface area contributed by atoms with Crippen molar-refractivity contribution in [2.24, 2.45) is 0 Å². The molecular weight excluding hydrogens is 398 g/mol. The number of aryl methyl sites for hydroxylation is 2. The fourth-order valence-corrected chi connectivity index (χ4v) is 4.61. The second kappa shape index (κ2) is 8.17. The van der Waals surface area contributed by atoms with Crippen LogP contribution in [-0.4, -0.2) is 40.3 Å². The smallest absolute Gasteiger partial charge is 0.148 e. The van der Waals surface area contributed by atoms with Crippen molar-refractivity contribution < 1.29 is 5.11 Å². The number of nitrogens with one attached hydrogen (secondary N) is 1. The first-order valence-corrected chi connectivity index (χ1v) is 11.5. The average Bonchev–Trinajstić information content (AvgIpc) is 3.58. The summed E-state index contributed by atoms with van der Waals surface area (Å²) >= 11 is 0. The fourth-order valence-electron chi connectivity index (χ4n) is 4.61. The van der Waals surface area contributed by atoms with Crippen molar-refractivity contribution in [3.05, 3.63) is 64.6 Å². The summed E-state index contributed by atoms with van der Waals surface area (Å²) in [6, 6.07) is 10.2. The topological polar surface area (TPSA) is 74.2 Å². The summed E-state index contributed by atoms with van der Waals surface area (Å²) in [4.78, 5) is 16.9. The second-order valence-corrected chi connectivity index (χ2v) is 9.22. The summed E-state index contributed by atoms with van der Waals surface area (Å²) in [6.07, 6.45) is 5.18. The molecule has 6 heteroatoms. The molecule has 0 spiro atoms. The van der Waals surface area contributed by atoms with Gasteiger partial charge in [-0.15, -0.1) is 0 Å². The highest BCUT2D eigenvalue weighted by Crippen LogP contribution is 2.45. The Labute approximate surface area is 189 Å². The third kappa shape index (κ3) is 3.73. The number of hydrogen-bond acceptors (Lipinski definition) is 6. The van der Waals surface area contributed by atoms with Gasteiger partial charge >= 0.3 is 0 Å². The van der Waals surface area contributed by atoms with E-state index in [1.165, 1.54) is 5.56 Å². The second-order valence-electron chi connectivity index (χ2n) is 9.22. The summed E-state index contributed by atoms with van der Waals surface area (Å²) in [5.41, 5.74) is 7.49. The molecule has 0 unspecified atom stereocenters. The Morgan fingerprint density at radius 1 is 1.16 bits per heavy atom. The van der Waals surface area contributed by atoms with E-state index in [0.717, 1.165) is 64.7 Å². The van der Waals surface area contributed by atoms with Gasteiger partial charge in [0.25, 0.3) is 0 Å². The number of aromatic nitrogens is 3. The van der Waals surface area contributed by atoms with Gasteiger partial charge in [0.15, 0.2) is 0 Å². The first kappa shape index (κ1) is 20.9.